The Bertz CT molecular complexity index is 763. The molecule has 0 saturated carbocycles. The number of nitrogens with zero attached hydrogens (tertiary/aromatic N) is 2. The molecule has 1 fully saturated rings. The summed E-state index contributed by atoms with van der Waals surface area (Å²) in [7, 11) is 0. The maximum absolute atomic E-state index is 13.0. The molecule has 3 aliphatic rings. The maximum Gasteiger partial charge on any atom is 0.227 e. The average Bonchev–Trinajstić information content (AvgIpc) is 3.20. The number of hydrogen-bond donors (Lipinski definition) is 0. The summed E-state index contributed by atoms with van der Waals surface area (Å²) < 4.78 is 0. The van der Waals surface area contributed by atoms with E-state index in [1.54, 1.807) is 0 Å². The predicted octanol–water partition coefficient (Wildman–Crippen LogP) is 8.97. The molecule has 35 heavy (non-hydrogen) atoms. The minimum absolute atomic E-state index is 0.267. The van der Waals surface area contributed by atoms with Crippen LogP contribution in [0.25, 0.3) is 0 Å². The summed E-state index contributed by atoms with van der Waals surface area (Å²) >= 11 is 0. The number of benzene rings is 1. The molecule has 0 bridgehead atoms. The number of anilines is 1. The number of carbonyl (C=O) groups excluding carboxylic acids is 1. The van der Waals surface area contributed by atoms with E-state index in [9.17, 15) is 4.79 Å². The van der Waals surface area contributed by atoms with Gasteiger partial charge in [0.25, 0.3) is 0 Å². The Kier molecular flexibility index (Phi) is 18.9. The van der Waals surface area contributed by atoms with Gasteiger partial charge in [0, 0.05) is 37.3 Å². The molecular weight excluding hydrogens is 428 g/mol. The van der Waals surface area contributed by atoms with Gasteiger partial charge in [-0.1, -0.05) is 105 Å². The van der Waals surface area contributed by atoms with Crippen molar-refractivity contribution in [2.24, 2.45) is 0 Å². The SMILES string of the molecule is CC.CC.CC.CC.CCCC(=O)N(c1ccccc1)C1CCN2CCC3=C(C=CCC=C3)C2C1. The van der Waals surface area contributed by atoms with Crippen LogP contribution in [0, 0.1) is 0 Å². The molecule has 4 rings (SSSR count). The van der Waals surface area contributed by atoms with Crippen LogP contribution in [-0.4, -0.2) is 36.0 Å². The van der Waals surface area contributed by atoms with Crippen molar-refractivity contribution in [3.8, 4) is 0 Å². The first-order valence-electron chi connectivity index (χ1n) is 14.4. The van der Waals surface area contributed by atoms with Crippen LogP contribution in [0.2, 0.25) is 0 Å². The zero-order chi connectivity index (χ0) is 26.6. The van der Waals surface area contributed by atoms with Crippen molar-refractivity contribution >= 4 is 11.6 Å². The van der Waals surface area contributed by atoms with Gasteiger partial charge in [0.2, 0.25) is 5.91 Å². The van der Waals surface area contributed by atoms with Crippen LogP contribution in [0.5, 0.6) is 0 Å². The molecule has 0 radical (unpaired) electrons. The zero-order valence-corrected chi connectivity index (χ0v) is 24.3. The number of amides is 1. The number of allylic oxidation sites excluding steroid dienone is 3. The lowest BCUT2D eigenvalue weighted by molar-refractivity contribution is -0.119. The van der Waals surface area contributed by atoms with Gasteiger partial charge in [-0.15, -0.1) is 0 Å². The first kappa shape index (κ1) is 32.9. The molecule has 2 aliphatic heterocycles. The number of hydrogen-bond acceptors (Lipinski definition) is 2. The Hall–Kier alpha value is -2.13. The van der Waals surface area contributed by atoms with Crippen LogP contribution in [0.3, 0.4) is 0 Å². The molecular formula is C32H54N2O. The number of fused-ring (bicyclic) bond motifs is 2. The third-order valence-electron chi connectivity index (χ3n) is 6.10. The van der Waals surface area contributed by atoms with E-state index in [1.165, 1.54) is 11.1 Å². The van der Waals surface area contributed by atoms with Crippen LogP contribution in [0.1, 0.15) is 101 Å². The van der Waals surface area contributed by atoms with Crippen LogP contribution < -0.4 is 4.90 Å². The molecule has 2 atom stereocenters. The number of carbonyl (C=O) groups is 1. The Labute approximate surface area is 218 Å². The minimum Gasteiger partial charge on any atom is -0.309 e. The van der Waals surface area contributed by atoms with E-state index < -0.39 is 0 Å². The summed E-state index contributed by atoms with van der Waals surface area (Å²) in [4.78, 5) is 17.8. The molecule has 0 aromatic heterocycles. The monoisotopic (exact) mass is 482 g/mol. The molecule has 198 valence electrons. The van der Waals surface area contributed by atoms with E-state index in [-0.39, 0.29) is 11.9 Å². The Balaban J connectivity index is 0.00000132. The summed E-state index contributed by atoms with van der Waals surface area (Å²) in [6.45, 7) is 20.3. The van der Waals surface area contributed by atoms with Crippen molar-refractivity contribution in [1.82, 2.24) is 4.90 Å². The Morgan fingerprint density at radius 2 is 1.54 bits per heavy atom. The molecule has 2 unspecified atom stereocenters. The summed E-state index contributed by atoms with van der Waals surface area (Å²) in [5.74, 6) is 0.267. The third kappa shape index (κ3) is 9.44. The van der Waals surface area contributed by atoms with E-state index in [0.29, 0.717) is 12.5 Å². The van der Waals surface area contributed by atoms with Gasteiger partial charge in [-0.25, -0.2) is 0 Å². The summed E-state index contributed by atoms with van der Waals surface area (Å²) in [5, 5.41) is 0. The Morgan fingerprint density at radius 1 is 0.914 bits per heavy atom. The number of para-hydroxylation sites is 1. The fourth-order valence-corrected chi connectivity index (χ4v) is 4.81. The highest BCUT2D eigenvalue weighted by Gasteiger charge is 2.37. The summed E-state index contributed by atoms with van der Waals surface area (Å²) in [5.41, 5.74) is 4.03. The fraction of sp³-hybridized carbons (Fsp3) is 0.594. The molecule has 1 saturated heterocycles. The molecule has 1 aromatic carbocycles. The first-order chi connectivity index (χ1) is 17.3. The van der Waals surface area contributed by atoms with Crippen molar-refractivity contribution in [2.75, 3.05) is 18.0 Å². The van der Waals surface area contributed by atoms with Crippen molar-refractivity contribution in [3.05, 3.63) is 65.8 Å². The van der Waals surface area contributed by atoms with Gasteiger partial charge in [0.05, 0.1) is 0 Å². The van der Waals surface area contributed by atoms with E-state index in [4.69, 9.17) is 0 Å². The summed E-state index contributed by atoms with van der Waals surface area (Å²) in [6, 6.07) is 11.0. The first-order valence-corrected chi connectivity index (χ1v) is 14.4. The largest absolute Gasteiger partial charge is 0.309 e. The van der Waals surface area contributed by atoms with Crippen molar-refractivity contribution in [1.29, 1.82) is 0 Å². The lowest BCUT2D eigenvalue weighted by atomic mass is 9.84. The van der Waals surface area contributed by atoms with Gasteiger partial charge in [-0.05, 0) is 55.4 Å². The topological polar surface area (TPSA) is 23.6 Å². The molecule has 0 spiro atoms. The highest BCUT2D eigenvalue weighted by molar-refractivity contribution is 5.94. The van der Waals surface area contributed by atoms with E-state index in [1.807, 2.05) is 73.6 Å². The van der Waals surface area contributed by atoms with Gasteiger partial charge in [-0.2, -0.15) is 0 Å². The molecule has 2 heterocycles. The van der Waals surface area contributed by atoms with Crippen LogP contribution in [0.4, 0.5) is 5.69 Å². The molecule has 1 aliphatic carbocycles. The second-order valence-corrected chi connectivity index (χ2v) is 7.85. The Morgan fingerprint density at radius 3 is 2.17 bits per heavy atom. The lowest BCUT2D eigenvalue weighted by Gasteiger charge is -2.46. The molecule has 1 aromatic rings. The van der Waals surface area contributed by atoms with Crippen molar-refractivity contribution in [2.45, 2.75) is 113 Å². The average molecular weight is 483 g/mol. The number of piperidine rings is 1. The highest BCUT2D eigenvalue weighted by atomic mass is 16.2. The van der Waals surface area contributed by atoms with Gasteiger partial charge in [0.15, 0.2) is 0 Å². The smallest absolute Gasteiger partial charge is 0.227 e. The van der Waals surface area contributed by atoms with Gasteiger partial charge in [0.1, 0.15) is 0 Å². The van der Waals surface area contributed by atoms with Crippen LogP contribution in [0.15, 0.2) is 65.8 Å². The second-order valence-electron chi connectivity index (χ2n) is 7.85. The summed E-state index contributed by atoms with van der Waals surface area (Å²) in [6.07, 6.45) is 15.0. The lowest BCUT2D eigenvalue weighted by Crippen LogP contribution is -2.53. The molecule has 0 N–H and O–H groups in total. The van der Waals surface area contributed by atoms with E-state index in [2.05, 4.69) is 53.2 Å². The fourth-order valence-electron chi connectivity index (χ4n) is 4.81. The third-order valence-corrected chi connectivity index (χ3v) is 6.10. The normalized spacial score (nSPS) is 19.9. The second kappa shape index (κ2) is 20.1. The van der Waals surface area contributed by atoms with Gasteiger partial charge < -0.3 is 4.90 Å². The van der Waals surface area contributed by atoms with Gasteiger partial charge in [-0.3, -0.25) is 9.69 Å². The van der Waals surface area contributed by atoms with Crippen LogP contribution >= 0.6 is 0 Å². The molecule has 3 nitrogen and oxygen atoms in total. The van der Waals surface area contributed by atoms with Crippen LogP contribution in [-0.2, 0) is 4.79 Å². The standard InChI is InChI=1S/C24H30N2O.4C2H6/c1-2-9-24(27)26(20-11-6-4-7-12-20)21-15-17-25-16-14-19-10-5-3-8-13-22(19)23(25)18-21;4*1-2/h4-8,10-13,21,23H,2-3,9,14-18H2,1H3;4*1-2H3. The zero-order valence-electron chi connectivity index (χ0n) is 24.3. The van der Waals surface area contributed by atoms with E-state index in [0.717, 1.165) is 50.9 Å². The molecule has 3 heteroatoms. The number of rotatable bonds is 4. The van der Waals surface area contributed by atoms with E-state index >= 15 is 0 Å². The predicted molar refractivity (Wildman–Crippen MR) is 157 cm³/mol. The van der Waals surface area contributed by atoms with Crippen molar-refractivity contribution in [3.63, 3.8) is 0 Å². The highest BCUT2D eigenvalue weighted by Crippen LogP contribution is 2.36. The quantitative estimate of drug-likeness (QED) is 0.427. The van der Waals surface area contributed by atoms with Crippen molar-refractivity contribution < 1.29 is 4.79 Å². The van der Waals surface area contributed by atoms with Gasteiger partial charge >= 0.3 is 0 Å². The minimum atomic E-state index is 0.267. The maximum atomic E-state index is 13.0. The molecule has 1 amide bonds.